The van der Waals surface area contributed by atoms with Gasteiger partial charge in [0.05, 0.1) is 30.2 Å². The molecule has 0 spiro atoms. The van der Waals surface area contributed by atoms with Crippen molar-refractivity contribution in [3.8, 4) is 11.5 Å². The van der Waals surface area contributed by atoms with Crippen LogP contribution in [0.1, 0.15) is 65.5 Å². The second-order valence-electron chi connectivity index (χ2n) is 8.55. The Hall–Kier alpha value is -3.72. The van der Waals surface area contributed by atoms with Gasteiger partial charge in [0.15, 0.2) is 16.9 Å². The molecular weight excluding hydrogens is 478 g/mol. The van der Waals surface area contributed by atoms with Crippen LogP contribution in [0.3, 0.4) is 0 Å². The zero-order valence-corrected chi connectivity index (χ0v) is 21.5. The van der Waals surface area contributed by atoms with Crippen molar-refractivity contribution in [2.24, 2.45) is 0 Å². The van der Waals surface area contributed by atoms with Gasteiger partial charge in [-0.15, -0.1) is 10.2 Å². The van der Waals surface area contributed by atoms with E-state index in [-0.39, 0.29) is 16.8 Å². The molecule has 2 aromatic carbocycles. The van der Waals surface area contributed by atoms with Crippen molar-refractivity contribution in [1.82, 2.24) is 10.2 Å². The number of aromatic nitrogens is 2. The molecule has 5 rings (SSSR count). The van der Waals surface area contributed by atoms with Crippen LogP contribution in [-0.4, -0.2) is 29.3 Å². The molecule has 1 atom stereocenters. The molecule has 0 aliphatic carbocycles. The summed E-state index contributed by atoms with van der Waals surface area (Å²) in [5.41, 5.74) is 2.06. The monoisotopic (exact) mass is 505 g/mol. The summed E-state index contributed by atoms with van der Waals surface area (Å²) in [5.74, 6) is 0.755. The number of amides is 1. The lowest BCUT2D eigenvalue weighted by Gasteiger charge is -2.23. The SMILES string of the molecule is CCCc1nnc(N2C(=O)c3oc4ccc(C)cc4c(=O)c3C2c2ccc(OCC)c(OCC)c2)s1. The first kappa shape index (κ1) is 24.0. The van der Waals surface area contributed by atoms with Crippen LogP contribution >= 0.6 is 11.3 Å². The number of fused-ring (bicyclic) bond motifs is 2. The molecule has 4 aromatic rings. The molecule has 1 unspecified atom stereocenters. The fourth-order valence-electron chi connectivity index (χ4n) is 4.49. The summed E-state index contributed by atoms with van der Waals surface area (Å²) in [4.78, 5) is 29.1. The van der Waals surface area contributed by atoms with Crippen LogP contribution in [-0.2, 0) is 6.42 Å². The van der Waals surface area contributed by atoms with Gasteiger partial charge in [-0.25, -0.2) is 0 Å². The number of anilines is 1. The Kier molecular flexibility index (Phi) is 6.49. The number of hydrogen-bond acceptors (Lipinski definition) is 8. The zero-order valence-electron chi connectivity index (χ0n) is 20.7. The highest BCUT2D eigenvalue weighted by Gasteiger charge is 2.45. The van der Waals surface area contributed by atoms with E-state index in [1.54, 1.807) is 18.2 Å². The lowest BCUT2D eigenvalue weighted by molar-refractivity contribution is 0.0970. The molecule has 0 radical (unpaired) electrons. The van der Waals surface area contributed by atoms with E-state index in [9.17, 15) is 9.59 Å². The van der Waals surface area contributed by atoms with E-state index in [0.29, 0.717) is 46.4 Å². The number of carbonyl (C=O) groups is 1. The molecular formula is C27H27N3O5S. The van der Waals surface area contributed by atoms with Gasteiger partial charge in [0.2, 0.25) is 10.9 Å². The van der Waals surface area contributed by atoms with Crippen LogP contribution in [0.2, 0.25) is 0 Å². The lowest BCUT2D eigenvalue weighted by atomic mass is 9.98. The minimum absolute atomic E-state index is 0.0282. The summed E-state index contributed by atoms with van der Waals surface area (Å²) in [6.45, 7) is 8.69. The smallest absolute Gasteiger partial charge is 0.297 e. The third kappa shape index (κ3) is 4.03. The van der Waals surface area contributed by atoms with Gasteiger partial charge in [-0.05, 0) is 57.0 Å². The summed E-state index contributed by atoms with van der Waals surface area (Å²) in [7, 11) is 0. The Morgan fingerprint density at radius 3 is 2.53 bits per heavy atom. The first-order valence-electron chi connectivity index (χ1n) is 12.1. The Morgan fingerprint density at radius 2 is 1.78 bits per heavy atom. The van der Waals surface area contributed by atoms with Crippen LogP contribution in [0.15, 0.2) is 45.6 Å². The average molecular weight is 506 g/mol. The Bertz CT molecular complexity index is 1510. The zero-order chi connectivity index (χ0) is 25.4. The summed E-state index contributed by atoms with van der Waals surface area (Å²) in [5, 5.41) is 10.3. The van der Waals surface area contributed by atoms with Gasteiger partial charge in [0.25, 0.3) is 5.91 Å². The second-order valence-corrected chi connectivity index (χ2v) is 9.59. The van der Waals surface area contributed by atoms with E-state index < -0.39 is 11.9 Å². The maximum Gasteiger partial charge on any atom is 0.297 e. The van der Waals surface area contributed by atoms with Gasteiger partial charge in [-0.2, -0.15) is 0 Å². The molecule has 0 bridgehead atoms. The Morgan fingerprint density at radius 1 is 1.00 bits per heavy atom. The third-order valence-corrected chi connectivity index (χ3v) is 7.02. The fourth-order valence-corrected chi connectivity index (χ4v) is 5.46. The molecule has 0 saturated carbocycles. The first-order valence-corrected chi connectivity index (χ1v) is 12.9. The number of ether oxygens (including phenoxy) is 2. The van der Waals surface area contributed by atoms with Gasteiger partial charge >= 0.3 is 0 Å². The standard InChI is InChI=1S/C27H27N3O5S/c1-5-8-21-28-29-27(36-21)30-23(16-10-12-19(33-6-2)20(14-16)34-7-3)22-24(31)17-13-15(4)9-11-18(17)35-25(22)26(30)32/h9-14,23H,5-8H2,1-4H3. The molecule has 9 heteroatoms. The van der Waals surface area contributed by atoms with Gasteiger partial charge in [-0.1, -0.05) is 36.0 Å². The van der Waals surface area contributed by atoms with Gasteiger partial charge in [0.1, 0.15) is 10.6 Å². The van der Waals surface area contributed by atoms with E-state index in [0.717, 1.165) is 23.4 Å². The maximum absolute atomic E-state index is 13.8. The van der Waals surface area contributed by atoms with E-state index in [4.69, 9.17) is 13.9 Å². The van der Waals surface area contributed by atoms with E-state index >= 15 is 0 Å². The molecule has 8 nitrogen and oxygen atoms in total. The normalized spacial score (nSPS) is 14.9. The van der Waals surface area contributed by atoms with Crippen molar-refractivity contribution in [2.45, 2.75) is 46.6 Å². The van der Waals surface area contributed by atoms with Gasteiger partial charge in [0, 0.05) is 6.42 Å². The van der Waals surface area contributed by atoms with Crippen LogP contribution in [0.25, 0.3) is 11.0 Å². The maximum atomic E-state index is 13.8. The van der Waals surface area contributed by atoms with Crippen molar-refractivity contribution >= 4 is 33.3 Å². The second kappa shape index (κ2) is 9.73. The minimum Gasteiger partial charge on any atom is -0.490 e. The first-order chi connectivity index (χ1) is 17.5. The van der Waals surface area contributed by atoms with Crippen LogP contribution in [0, 0.1) is 6.92 Å². The molecule has 3 heterocycles. The molecule has 2 aromatic heterocycles. The predicted molar refractivity (Wildman–Crippen MR) is 139 cm³/mol. The Labute approximate surface area is 212 Å². The van der Waals surface area contributed by atoms with Crippen LogP contribution in [0.4, 0.5) is 5.13 Å². The van der Waals surface area contributed by atoms with Crippen molar-refractivity contribution in [2.75, 3.05) is 18.1 Å². The van der Waals surface area contributed by atoms with Crippen molar-refractivity contribution in [1.29, 1.82) is 0 Å². The largest absolute Gasteiger partial charge is 0.490 e. The average Bonchev–Trinajstić information content (AvgIpc) is 3.43. The summed E-state index contributed by atoms with van der Waals surface area (Å²) >= 11 is 1.35. The highest BCUT2D eigenvalue weighted by molar-refractivity contribution is 7.15. The molecule has 0 fully saturated rings. The number of aryl methyl sites for hydroxylation is 2. The quantitative estimate of drug-likeness (QED) is 0.314. The summed E-state index contributed by atoms with van der Waals surface area (Å²) in [6, 6.07) is 10.1. The molecule has 36 heavy (non-hydrogen) atoms. The van der Waals surface area contributed by atoms with E-state index in [2.05, 4.69) is 17.1 Å². The number of benzene rings is 2. The third-order valence-electron chi connectivity index (χ3n) is 6.03. The van der Waals surface area contributed by atoms with E-state index in [1.165, 1.54) is 16.2 Å². The van der Waals surface area contributed by atoms with Crippen LogP contribution < -0.4 is 19.8 Å². The van der Waals surface area contributed by atoms with Crippen molar-refractivity contribution in [3.05, 3.63) is 74.1 Å². The van der Waals surface area contributed by atoms with Crippen molar-refractivity contribution < 1.29 is 18.7 Å². The predicted octanol–water partition coefficient (Wildman–Crippen LogP) is 5.45. The van der Waals surface area contributed by atoms with Gasteiger partial charge < -0.3 is 13.9 Å². The van der Waals surface area contributed by atoms with Crippen molar-refractivity contribution in [3.63, 3.8) is 0 Å². The summed E-state index contributed by atoms with van der Waals surface area (Å²) < 4.78 is 17.6. The minimum atomic E-state index is -0.744. The molecule has 0 N–H and O–H groups in total. The Balaban J connectivity index is 1.75. The summed E-state index contributed by atoms with van der Waals surface area (Å²) in [6.07, 6.45) is 1.67. The van der Waals surface area contributed by atoms with E-state index in [1.807, 2.05) is 39.0 Å². The lowest BCUT2D eigenvalue weighted by Crippen LogP contribution is -2.29. The molecule has 1 aliphatic heterocycles. The molecule has 1 aliphatic rings. The molecule has 1 amide bonds. The number of rotatable bonds is 8. The van der Waals surface area contributed by atoms with Gasteiger partial charge in [-0.3, -0.25) is 14.5 Å². The number of hydrogen-bond donors (Lipinski definition) is 0. The molecule has 186 valence electrons. The van der Waals surface area contributed by atoms with Crippen LogP contribution in [0.5, 0.6) is 11.5 Å². The fraction of sp³-hybridized carbons (Fsp3) is 0.333. The molecule has 0 saturated heterocycles. The topological polar surface area (TPSA) is 94.8 Å². The number of nitrogens with zero attached hydrogens (tertiary/aromatic N) is 3. The highest BCUT2D eigenvalue weighted by Crippen LogP contribution is 2.44. The highest BCUT2D eigenvalue weighted by atomic mass is 32.1. The number of carbonyl (C=O) groups excluding carboxylic acids is 1.